The van der Waals surface area contributed by atoms with Crippen LogP contribution in [-0.2, 0) is 16.1 Å². The van der Waals surface area contributed by atoms with Crippen LogP contribution in [0.3, 0.4) is 0 Å². The zero-order chi connectivity index (χ0) is 13.3. The van der Waals surface area contributed by atoms with Crippen LogP contribution in [0.25, 0.3) is 0 Å². The van der Waals surface area contributed by atoms with E-state index >= 15 is 0 Å². The van der Waals surface area contributed by atoms with Crippen LogP contribution in [0.5, 0.6) is 0 Å². The van der Waals surface area contributed by atoms with Gasteiger partial charge in [-0.05, 0) is 37.7 Å². The Morgan fingerprint density at radius 3 is 2.74 bits per heavy atom. The standard InChI is InChI=1S/C16H24O3/c17-12-16-9-4-8-15(19-16)10-5-11-18-13-14-6-2-1-3-7-14/h1-3,6-7,15-17H,4-5,8-13H2. The van der Waals surface area contributed by atoms with Crippen LogP contribution in [0, 0.1) is 0 Å². The topological polar surface area (TPSA) is 38.7 Å². The molecule has 1 saturated heterocycles. The minimum Gasteiger partial charge on any atom is -0.394 e. The third kappa shape index (κ3) is 5.31. The number of rotatable bonds is 7. The molecule has 106 valence electrons. The summed E-state index contributed by atoms with van der Waals surface area (Å²) in [6, 6.07) is 10.2. The maximum absolute atomic E-state index is 9.09. The summed E-state index contributed by atoms with van der Waals surface area (Å²) in [6.45, 7) is 1.62. The van der Waals surface area contributed by atoms with Gasteiger partial charge in [0.2, 0.25) is 0 Å². The Hall–Kier alpha value is -0.900. The van der Waals surface area contributed by atoms with Gasteiger partial charge in [0.15, 0.2) is 0 Å². The summed E-state index contributed by atoms with van der Waals surface area (Å²) in [6.07, 6.45) is 5.71. The number of benzene rings is 1. The molecule has 2 rings (SSSR count). The molecule has 1 heterocycles. The first kappa shape index (κ1) is 14.5. The first-order valence-corrected chi connectivity index (χ1v) is 7.26. The van der Waals surface area contributed by atoms with E-state index < -0.39 is 0 Å². The predicted molar refractivity (Wildman–Crippen MR) is 74.9 cm³/mol. The Kier molecular flexibility index (Phi) is 6.34. The molecule has 0 radical (unpaired) electrons. The minimum absolute atomic E-state index is 0.0592. The van der Waals surface area contributed by atoms with Gasteiger partial charge in [-0.15, -0.1) is 0 Å². The zero-order valence-corrected chi connectivity index (χ0v) is 11.5. The molecule has 2 unspecified atom stereocenters. The van der Waals surface area contributed by atoms with Crippen LogP contribution in [0.2, 0.25) is 0 Å². The fraction of sp³-hybridized carbons (Fsp3) is 0.625. The first-order chi connectivity index (χ1) is 9.38. The van der Waals surface area contributed by atoms with Gasteiger partial charge in [-0.2, -0.15) is 0 Å². The molecule has 1 fully saturated rings. The second kappa shape index (κ2) is 8.31. The van der Waals surface area contributed by atoms with E-state index in [4.69, 9.17) is 14.6 Å². The third-order valence-electron chi connectivity index (χ3n) is 3.57. The van der Waals surface area contributed by atoms with E-state index in [1.165, 1.54) is 12.0 Å². The van der Waals surface area contributed by atoms with E-state index in [-0.39, 0.29) is 12.7 Å². The Bertz CT molecular complexity index is 339. The highest BCUT2D eigenvalue weighted by atomic mass is 16.5. The molecule has 3 heteroatoms. The van der Waals surface area contributed by atoms with Gasteiger partial charge in [-0.25, -0.2) is 0 Å². The van der Waals surface area contributed by atoms with Gasteiger partial charge in [0.25, 0.3) is 0 Å². The number of hydrogen-bond acceptors (Lipinski definition) is 3. The van der Waals surface area contributed by atoms with Crippen LogP contribution >= 0.6 is 0 Å². The van der Waals surface area contributed by atoms with E-state index in [1.807, 2.05) is 18.2 Å². The summed E-state index contributed by atoms with van der Waals surface area (Å²) < 4.78 is 11.5. The van der Waals surface area contributed by atoms with Crippen molar-refractivity contribution in [3.63, 3.8) is 0 Å². The molecule has 0 saturated carbocycles. The molecule has 3 nitrogen and oxygen atoms in total. The molecule has 1 aromatic rings. The van der Waals surface area contributed by atoms with Crippen molar-refractivity contribution >= 4 is 0 Å². The molecule has 0 bridgehead atoms. The summed E-state index contributed by atoms with van der Waals surface area (Å²) in [5.41, 5.74) is 1.22. The summed E-state index contributed by atoms with van der Waals surface area (Å²) >= 11 is 0. The molecule has 0 amide bonds. The highest BCUT2D eigenvalue weighted by Crippen LogP contribution is 2.21. The third-order valence-corrected chi connectivity index (χ3v) is 3.57. The van der Waals surface area contributed by atoms with Crippen molar-refractivity contribution in [1.29, 1.82) is 0 Å². The number of hydrogen-bond donors (Lipinski definition) is 1. The second-order valence-electron chi connectivity index (χ2n) is 5.17. The van der Waals surface area contributed by atoms with E-state index in [2.05, 4.69) is 12.1 Å². The number of ether oxygens (including phenoxy) is 2. The van der Waals surface area contributed by atoms with Gasteiger partial charge < -0.3 is 14.6 Å². The number of aliphatic hydroxyl groups excluding tert-OH is 1. The fourth-order valence-electron chi connectivity index (χ4n) is 2.51. The molecule has 1 N–H and O–H groups in total. The smallest absolute Gasteiger partial charge is 0.0809 e. The Morgan fingerprint density at radius 1 is 1.16 bits per heavy atom. The van der Waals surface area contributed by atoms with Crippen molar-refractivity contribution in [3.05, 3.63) is 35.9 Å². The lowest BCUT2D eigenvalue weighted by Gasteiger charge is -2.28. The highest BCUT2D eigenvalue weighted by Gasteiger charge is 2.21. The first-order valence-electron chi connectivity index (χ1n) is 7.26. The van der Waals surface area contributed by atoms with E-state index in [0.717, 1.165) is 32.3 Å². The molecule has 2 atom stereocenters. The Labute approximate surface area is 115 Å². The molecule has 19 heavy (non-hydrogen) atoms. The van der Waals surface area contributed by atoms with Crippen molar-refractivity contribution < 1.29 is 14.6 Å². The maximum atomic E-state index is 9.09. The van der Waals surface area contributed by atoms with Gasteiger partial charge in [0.1, 0.15) is 0 Å². The fourth-order valence-corrected chi connectivity index (χ4v) is 2.51. The molecule has 1 aliphatic heterocycles. The van der Waals surface area contributed by atoms with Crippen molar-refractivity contribution in [2.75, 3.05) is 13.2 Å². The van der Waals surface area contributed by atoms with Gasteiger partial charge in [0.05, 0.1) is 25.4 Å². The lowest BCUT2D eigenvalue weighted by atomic mass is 10.0. The van der Waals surface area contributed by atoms with E-state index in [9.17, 15) is 0 Å². The number of aliphatic hydroxyl groups is 1. The quantitative estimate of drug-likeness (QED) is 0.770. The molecular weight excluding hydrogens is 240 g/mol. The normalized spacial score (nSPS) is 23.4. The molecular formula is C16H24O3. The zero-order valence-electron chi connectivity index (χ0n) is 11.5. The van der Waals surface area contributed by atoms with Gasteiger partial charge in [-0.3, -0.25) is 0 Å². The minimum atomic E-state index is 0.0592. The van der Waals surface area contributed by atoms with Crippen LogP contribution in [0.4, 0.5) is 0 Å². The summed E-state index contributed by atoms with van der Waals surface area (Å²) in [5, 5.41) is 9.09. The average molecular weight is 264 g/mol. The molecule has 0 aliphatic carbocycles. The van der Waals surface area contributed by atoms with Crippen LogP contribution < -0.4 is 0 Å². The second-order valence-corrected chi connectivity index (χ2v) is 5.17. The molecule has 1 aliphatic rings. The van der Waals surface area contributed by atoms with Gasteiger partial charge >= 0.3 is 0 Å². The highest BCUT2D eigenvalue weighted by molar-refractivity contribution is 5.13. The van der Waals surface area contributed by atoms with Gasteiger partial charge in [-0.1, -0.05) is 30.3 Å². The van der Waals surface area contributed by atoms with Crippen molar-refractivity contribution in [3.8, 4) is 0 Å². The van der Waals surface area contributed by atoms with Crippen LogP contribution in [0.1, 0.15) is 37.7 Å². The van der Waals surface area contributed by atoms with Crippen molar-refractivity contribution in [2.24, 2.45) is 0 Å². The summed E-state index contributed by atoms with van der Waals surface area (Å²) in [4.78, 5) is 0. The maximum Gasteiger partial charge on any atom is 0.0809 e. The lowest BCUT2D eigenvalue weighted by Crippen LogP contribution is -2.30. The van der Waals surface area contributed by atoms with Crippen molar-refractivity contribution in [1.82, 2.24) is 0 Å². The lowest BCUT2D eigenvalue weighted by molar-refractivity contribution is -0.0769. The predicted octanol–water partition coefficient (Wildman–Crippen LogP) is 2.91. The largest absolute Gasteiger partial charge is 0.394 e. The van der Waals surface area contributed by atoms with Crippen LogP contribution in [-0.4, -0.2) is 30.5 Å². The average Bonchev–Trinajstić information content (AvgIpc) is 2.48. The molecule has 1 aromatic carbocycles. The van der Waals surface area contributed by atoms with E-state index in [1.54, 1.807) is 0 Å². The molecule has 0 aromatic heterocycles. The Morgan fingerprint density at radius 2 is 1.95 bits per heavy atom. The van der Waals surface area contributed by atoms with Crippen LogP contribution in [0.15, 0.2) is 30.3 Å². The summed E-state index contributed by atoms with van der Waals surface area (Å²) in [7, 11) is 0. The molecule has 0 spiro atoms. The van der Waals surface area contributed by atoms with Crippen molar-refractivity contribution in [2.45, 2.75) is 50.9 Å². The van der Waals surface area contributed by atoms with Gasteiger partial charge in [0, 0.05) is 6.61 Å². The monoisotopic (exact) mass is 264 g/mol. The summed E-state index contributed by atoms with van der Waals surface area (Å²) in [5.74, 6) is 0. The Balaban J connectivity index is 1.54. The van der Waals surface area contributed by atoms with E-state index in [0.29, 0.717) is 12.7 Å². The SMILES string of the molecule is OCC1CCCC(CCCOCc2ccccc2)O1.